The van der Waals surface area contributed by atoms with Crippen LogP contribution in [0.5, 0.6) is 0 Å². The van der Waals surface area contributed by atoms with E-state index in [-0.39, 0.29) is 18.0 Å². The first-order valence-corrected chi connectivity index (χ1v) is 8.99. The molecule has 0 fully saturated rings. The first-order chi connectivity index (χ1) is 13.1. The van der Waals surface area contributed by atoms with Crippen molar-refractivity contribution in [2.45, 2.75) is 32.7 Å². The predicted octanol–water partition coefficient (Wildman–Crippen LogP) is 3.23. The van der Waals surface area contributed by atoms with Crippen molar-refractivity contribution >= 4 is 28.3 Å². The molecule has 138 valence electrons. The van der Waals surface area contributed by atoms with Crippen molar-refractivity contribution in [2.24, 2.45) is 5.92 Å². The van der Waals surface area contributed by atoms with Gasteiger partial charge < -0.3 is 9.73 Å². The molecule has 2 heterocycles. The summed E-state index contributed by atoms with van der Waals surface area (Å²) in [4.78, 5) is 28.5. The van der Waals surface area contributed by atoms with Crippen molar-refractivity contribution in [3.63, 3.8) is 0 Å². The highest BCUT2D eigenvalue weighted by molar-refractivity contribution is 5.92. The lowest BCUT2D eigenvalue weighted by molar-refractivity contribution is -0.117. The second kappa shape index (κ2) is 7.19. The normalized spacial score (nSPS) is 16.9. The van der Waals surface area contributed by atoms with Crippen molar-refractivity contribution in [3.8, 4) is 0 Å². The van der Waals surface area contributed by atoms with Gasteiger partial charge in [-0.15, -0.1) is 0 Å². The Bertz CT molecular complexity index is 1080. The van der Waals surface area contributed by atoms with Crippen molar-refractivity contribution in [1.29, 1.82) is 0 Å². The van der Waals surface area contributed by atoms with Crippen LogP contribution in [-0.2, 0) is 11.3 Å². The minimum Gasteiger partial charge on any atom is -0.443 e. The average Bonchev–Trinajstić information content (AvgIpc) is 3.12. The number of oxazole rings is 1. The minimum absolute atomic E-state index is 0.146. The van der Waals surface area contributed by atoms with E-state index in [4.69, 9.17) is 4.42 Å². The van der Waals surface area contributed by atoms with E-state index < -0.39 is 0 Å². The zero-order chi connectivity index (χ0) is 18.8. The number of amides is 1. The predicted molar refractivity (Wildman–Crippen MR) is 102 cm³/mol. The van der Waals surface area contributed by atoms with Gasteiger partial charge in [0.25, 0.3) is 5.56 Å². The lowest BCUT2D eigenvalue weighted by Crippen LogP contribution is -2.29. The molecule has 1 aliphatic carbocycles. The van der Waals surface area contributed by atoms with E-state index in [0.717, 1.165) is 30.5 Å². The fourth-order valence-corrected chi connectivity index (χ4v) is 3.20. The van der Waals surface area contributed by atoms with Crippen LogP contribution < -0.4 is 10.9 Å². The lowest BCUT2D eigenvalue weighted by Gasteiger charge is -2.18. The van der Waals surface area contributed by atoms with Gasteiger partial charge in [-0.05, 0) is 55.0 Å². The van der Waals surface area contributed by atoms with Crippen LogP contribution in [0, 0.1) is 5.92 Å². The molecule has 7 heteroatoms. The number of anilines is 1. The Balaban J connectivity index is 1.50. The summed E-state index contributed by atoms with van der Waals surface area (Å²) in [5.74, 6) is 0.350. The van der Waals surface area contributed by atoms with Crippen LogP contribution in [0.3, 0.4) is 0 Å². The Kier molecular flexibility index (Phi) is 4.58. The van der Waals surface area contributed by atoms with Gasteiger partial charge in [-0.1, -0.05) is 13.0 Å². The number of nitrogens with one attached hydrogen (secondary N) is 1. The summed E-state index contributed by atoms with van der Waals surface area (Å²) < 4.78 is 6.39. The highest BCUT2D eigenvalue weighted by atomic mass is 16.3. The molecule has 4 rings (SSSR count). The van der Waals surface area contributed by atoms with Crippen molar-refractivity contribution in [3.05, 3.63) is 58.8 Å². The van der Waals surface area contributed by atoms with Gasteiger partial charge >= 0.3 is 0 Å². The maximum Gasteiger partial charge on any atom is 0.267 e. The largest absolute Gasteiger partial charge is 0.443 e. The van der Waals surface area contributed by atoms with Gasteiger partial charge in [0.05, 0.1) is 5.69 Å². The molecule has 1 aliphatic rings. The van der Waals surface area contributed by atoms with E-state index in [1.165, 1.54) is 17.1 Å². The SMILES string of the molecule is CC1CC=C(c2ccc(=O)n(CC(=O)Nc3ccc4ocnc4c3)n2)CC1. The van der Waals surface area contributed by atoms with Gasteiger partial charge in [0.1, 0.15) is 12.1 Å². The molecule has 0 bridgehead atoms. The molecule has 1 atom stereocenters. The molecule has 1 amide bonds. The number of hydrogen-bond acceptors (Lipinski definition) is 5. The number of fused-ring (bicyclic) bond motifs is 1. The van der Waals surface area contributed by atoms with Crippen LogP contribution in [0.4, 0.5) is 5.69 Å². The summed E-state index contributed by atoms with van der Waals surface area (Å²) in [7, 11) is 0. The smallest absolute Gasteiger partial charge is 0.267 e. The number of nitrogens with zero attached hydrogens (tertiary/aromatic N) is 3. The van der Waals surface area contributed by atoms with Crippen molar-refractivity contribution in [2.75, 3.05) is 5.32 Å². The third kappa shape index (κ3) is 3.81. The Morgan fingerprint density at radius 3 is 3.04 bits per heavy atom. The molecular formula is C20H20N4O3. The molecule has 0 saturated heterocycles. The number of rotatable bonds is 4. The highest BCUT2D eigenvalue weighted by Crippen LogP contribution is 2.28. The first-order valence-electron chi connectivity index (χ1n) is 8.99. The number of aromatic nitrogens is 3. The quantitative estimate of drug-likeness (QED) is 0.768. The van der Waals surface area contributed by atoms with Crippen LogP contribution in [-0.4, -0.2) is 20.7 Å². The molecule has 0 aliphatic heterocycles. The van der Waals surface area contributed by atoms with Crippen LogP contribution in [0.1, 0.15) is 31.9 Å². The van der Waals surface area contributed by atoms with Gasteiger partial charge in [-0.2, -0.15) is 5.10 Å². The van der Waals surface area contributed by atoms with Crippen molar-refractivity contribution < 1.29 is 9.21 Å². The Labute approximate surface area is 155 Å². The Morgan fingerprint density at radius 2 is 2.22 bits per heavy atom. The van der Waals surface area contributed by atoms with Gasteiger partial charge in [-0.25, -0.2) is 9.67 Å². The second-order valence-corrected chi connectivity index (χ2v) is 6.91. The van der Waals surface area contributed by atoms with E-state index in [2.05, 4.69) is 28.4 Å². The molecular weight excluding hydrogens is 344 g/mol. The number of hydrogen-bond donors (Lipinski definition) is 1. The summed E-state index contributed by atoms with van der Waals surface area (Å²) >= 11 is 0. The molecule has 27 heavy (non-hydrogen) atoms. The number of carbonyl (C=O) groups excluding carboxylic acids is 1. The van der Waals surface area contributed by atoms with E-state index in [1.54, 1.807) is 24.3 Å². The third-order valence-electron chi connectivity index (χ3n) is 4.78. The van der Waals surface area contributed by atoms with Crippen LogP contribution in [0.2, 0.25) is 0 Å². The lowest BCUT2D eigenvalue weighted by atomic mass is 9.90. The molecule has 0 radical (unpaired) electrons. The number of benzene rings is 1. The number of allylic oxidation sites excluding steroid dienone is 2. The molecule has 0 spiro atoms. The summed E-state index contributed by atoms with van der Waals surface area (Å²) in [6, 6.07) is 8.38. The average molecular weight is 364 g/mol. The van der Waals surface area contributed by atoms with E-state index in [0.29, 0.717) is 22.7 Å². The zero-order valence-electron chi connectivity index (χ0n) is 15.0. The van der Waals surface area contributed by atoms with Crippen molar-refractivity contribution in [1.82, 2.24) is 14.8 Å². The van der Waals surface area contributed by atoms with Crippen LogP contribution in [0.15, 0.2) is 52.0 Å². The molecule has 0 saturated carbocycles. The minimum atomic E-state index is -0.323. The Morgan fingerprint density at radius 1 is 1.33 bits per heavy atom. The maximum absolute atomic E-state index is 12.4. The van der Waals surface area contributed by atoms with Gasteiger partial charge in [-0.3, -0.25) is 9.59 Å². The summed E-state index contributed by atoms with van der Waals surface area (Å²) in [6.07, 6.45) is 6.60. The molecule has 1 aromatic carbocycles. The molecule has 7 nitrogen and oxygen atoms in total. The van der Waals surface area contributed by atoms with Crippen LogP contribution in [0.25, 0.3) is 16.7 Å². The van der Waals surface area contributed by atoms with E-state index >= 15 is 0 Å². The van der Waals surface area contributed by atoms with Gasteiger partial charge in [0, 0.05) is 11.8 Å². The second-order valence-electron chi connectivity index (χ2n) is 6.91. The summed E-state index contributed by atoms with van der Waals surface area (Å²) in [5, 5.41) is 7.16. The fourth-order valence-electron chi connectivity index (χ4n) is 3.20. The topological polar surface area (TPSA) is 90.0 Å². The van der Waals surface area contributed by atoms with Crippen LogP contribution >= 0.6 is 0 Å². The zero-order valence-corrected chi connectivity index (χ0v) is 15.0. The van der Waals surface area contributed by atoms with Gasteiger partial charge in [0.2, 0.25) is 5.91 Å². The third-order valence-corrected chi connectivity index (χ3v) is 4.78. The number of carbonyl (C=O) groups is 1. The van der Waals surface area contributed by atoms with E-state index in [1.807, 2.05) is 0 Å². The highest BCUT2D eigenvalue weighted by Gasteiger charge is 2.14. The fraction of sp³-hybridized carbons (Fsp3) is 0.300. The molecule has 2 aromatic heterocycles. The Hall–Kier alpha value is -3.22. The summed E-state index contributed by atoms with van der Waals surface area (Å²) in [6.45, 7) is 2.08. The molecule has 3 aromatic rings. The van der Waals surface area contributed by atoms with E-state index in [9.17, 15) is 9.59 Å². The maximum atomic E-state index is 12.4. The summed E-state index contributed by atoms with van der Waals surface area (Å²) in [5.41, 5.74) is 3.49. The monoisotopic (exact) mass is 364 g/mol. The standard InChI is InChI=1S/C20H20N4O3/c1-13-2-4-14(5-3-13)16-7-9-20(26)24(23-16)11-19(25)22-15-6-8-18-17(10-15)21-12-27-18/h4,6-10,12-13H,2-3,5,11H2,1H3,(H,22,25). The molecule has 1 unspecified atom stereocenters. The first kappa shape index (κ1) is 17.2. The van der Waals surface area contributed by atoms with Gasteiger partial charge in [0.15, 0.2) is 12.0 Å². The molecule has 1 N–H and O–H groups in total.